The molecule has 4 nitrogen and oxygen atoms in total. The molecule has 0 radical (unpaired) electrons. The van der Waals surface area contributed by atoms with Crippen LogP contribution in [0.1, 0.15) is 18.4 Å². The van der Waals surface area contributed by atoms with Gasteiger partial charge in [-0.1, -0.05) is 23.7 Å². The topological polar surface area (TPSA) is 60.8 Å². The maximum atomic E-state index is 12.6. The highest BCUT2D eigenvalue weighted by molar-refractivity contribution is 6.30. The number of aliphatic hydroxyl groups excluding tert-OH is 2. The Bertz CT molecular complexity index is 488. The molecule has 1 amide bonds. The Morgan fingerprint density at radius 1 is 1.16 bits per heavy atom. The lowest BCUT2D eigenvalue weighted by Gasteiger charge is -2.23. The molecule has 1 aromatic carbocycles. The number of benzene rings is 1. The number of hydrogen-bond acceptors (Lipinski definition) is 3. The molecule has 0 unspecified atom stereocenters. The number of carbonyl (C=O) groups is 1. The quantitative estimate of drug-likeness (QED) is 0.848. The van der Waals surface area contributed by atoms with Gasteiger partial charge < -0.3 is 15.1 Å². The van der Waals surface area contributed by atoms with Gasteiger partial charge in [-0.2, -0.15) is 0 Å². The number of hydrogen-bond donors (Lipinski definition) is 2. The number of likely N-dealkylation sites (tertiary alicyclic amines) is 1. The van der Waals surface area contributed by atoms with Crippen molar-refractivity contribution in [2.24, 2.45) is 0 Å². The largest absolute Gasteiger partial charge is 0.388 e. The van der Waals surface area contributed by atoms with Crippen LogP contribution in [-0.4, -0.2) is 46.3 Å². The predicted molar refractivity (Wildman–Crippen MR) is 71.0 cm³/mol. The van der Waals surface area contributed by atoms with Gasteiger partial charge in [-0.15, -0.1) is 0 Å². The lowest BCUT2D eigenvalue weighted by Crippen LogP contribution is -2.38. The monoisotopic (exact) mass is 281 g/mol. The first-order chi connectivity index (χ1) is 9.03. The lowest BCUT2D eigenvalue weighted by atomic mass is 9.94. The number of nitrogens with zero attached hydrogens (tertiary/aromatic N) is 1. The maximum absolute atomic E-state index is 12.6. The minimum absolute atomic E-state index is 0.00502. The second-order valence-corrected chi connectivity index (χ2v) is 5.87. The summed E-state index contributed by atoms with van der Waals surface area (Å²) in [6, 6.07) is 7.35. The summed E-state index contributed by atoms with van der Waals surface area (Å²) in [5.41, 5.74) is 0.506. The molecule has 5 heteroatoms. The van der Waals surface area contributed by atoms with Crippen molar-refractivity contribution in [3.63, 3.8) is 0 Å². The van der Waals surface area contributed by atoms with E-state index < -0.39 is 17.6 Å². The second-order valence-electron chi connectivity index (χ2n) is 5.43. The first-order valence-corrected chi connectivity index (χ1v) is 6.82. The molecule has 1 aromatic rings. The Balaban J connectivity index is 1.81. The molecular formula is C14H16ClNO3. The van der Waals surface area contributed by atoms with E-state index in [2.05, 4.69) is 0 Å². The van der Waals surface area contributed by atoms with Crippen LogP contribution >= 0.6 is 11.6 Å². The van der Waals surface area contributed by atoms with Gasteiger partial charge in [-0.3, -0.25) is 4.79 Å². The summed E-state index contributed by atoms with van der Waals surface area (Å²) in [6.45, 7) is 0.435. The van der Waals surface area contributed by atoms with E-state index in [9.17, 15) is 15.0 Å². The van der Waals surface area contributed by atoms with Crippen LogP contribution in [-0.2, 0) is 10.2 Å². The highest BCUT2D eigenvalue weighted by Gasteiger charge is 2.54. The van der Waals surface area contributed by atoms with Crippen LogP contribution in [0.3, 0.4) is 0 Å². The molecule has 1 aliphatic heterocycles. The highest BCUT2D eigenvalue weighted by atomic mass is 35.5. The first-order valence-electron chi connectivity index (χ1n) is 6.44. The summed E-state index contributed by atoms with van der Waals surface area (Å²) in [4.78, 5) is 14.1. The van der Waals surface area contributed by atoms with Gasteiger partial charge in [0.15, 0.2) is 0 Å². The number of aliphatic hydroxyl groups is 2. The fraction of sp³-hybridized carbons (Fsp3) is 0.500. The molecule has 102 valence electrons. The van der Waals surface area contributed by atoms with Crippen LogP contribution in [0, 0.1) is 0 Å². The summed E-state index contributed by atoms with van der Waals surface area (Å²) in [5.74, 6) is 0.00502. The van der Waals surface area contributed by atoms with Crippen LogP contribution in [0.4, 0.5) is 0 Å². The Morgan fingerprint density at radius 2 is 1.68 bits per heavy atom. The third-order valence-electron chi connectivity index (χ3n) is 4.10. The number of amides is 1. The molecule has 1 saturated carbocycles. The average molecular weight is 282 g/mol. The Labute approximate surface area is 116 Å². The Hall–Kier alpha value is -1.10. The van der Waals surface area contributed by atoms with Crippen LogP contribution in [0.15, 0.2) is 24.3 Å². The molecule has 0 aromatic heterocycles. The molecule has 0 spiro atoms. The molecule has 1 aliphatic carbocycles. The normalized spacial score (nSPS) is 28.5. The van der Waals surface area contributed by atoms with Crippen molar-refractivity contribution in [1.82, 2.24) is 4.90 Å². The van der Waals surface area contributed by atoms with Crippen LogP contribution in [0.25, 0.3) is 0 Å². The number of β-amino-alcohol motifs (C(OH)–C–C–N with tert-alkyl or cyclic N) is 2. The third kappa shape index (κ3) is 2.14. The molecule has 3 rings (SSSR count). The van der Waals surface area contributed by atoms with Crippen molar-refractivity contribution in [3.05, 3.63) is 34.9 Å². The van der Waals surface area contributed by atoms with E-state index in [-0.39, 0.29) is 19.0 Å². The van der Waals surface area contributed by atoms with E-state index >= 15 is 0 Å². The minimum atomic E-state index is -0.829. The first kappa shape index (κ1) is 12.9. The van der Waals surface area contributed by atoms with Gasteiger partial charge in [0.05, 0.1) is 17.6 Å². The van der Waals surface area contributed by atoms with Gasteiger partial charge in [0, 0.05) is 18.1 Å². The molecule has 1 saturated heterocycles. The summed E-state index contributed by atoms with van der Waals surface area (Å²) < 4.78 is 0. The lowest BCUT2D eigenvalue weighted by molar-refractivity contribution is -0.133. The molecule has 2 aliphatic rings. The van der Waals surface area contributed by atoms with Crippen molar-refractivity contribution >= 4 is 17.5 Å². The number of rotatable bonds is 2. The molecule has 1 heterocycles. The van der Waals surface area contributed by atoms with Crippen molar-refractivity contribution in [3.8, 4) is 0 Å². The summed E-state index contributed by atoms with van der Waals surface area (Å²) in [7, 11) is 0. The molecule has 2 fully saturated rings. The van der Waals surface area contributed by atoms with Gasteiger partial charge in [-0.05, 0) is 30.5 Å². The van der Waals surface area contributed by atoms with Gasteiger partial charge >= 0.3 is 0 Å². The molecule has 0 bridgehead atoms. The summed E-state index contributed by atoms with van der Waals surface area (Å²) in [6.07, 6.45) is -0.0262. The van der Waals surface area contributed by atoms with E-state index in [0.29, 0.717) is 5.02 Å². The Kier molecular flexibility index (Phi) is 3.04. The van der Waals surface area contributed by atoms with Gasteiger partial charge in [-0.25, -0.2) is 0 Å². The van der Waals surface area contributed by atoms with Gasteiger partial charge in [0.25, 0.3) is 0 Å². The van der Waals surface area contributed by atoms with Crippen LogP contribution in [0.5, 0.6) is 0 Å². The van der Waals surface area contributed by atoms with Crippen molar-refractivity contribution in [2.45, 2.75) is 30.5 Å². The SMILES string of the molecule is O=C(N1C[C@@H](O)[C@@H](O)C1)C1(c2ccc(Cl)cc2)CC1. The van der Waals surface area contributed by atoms with Gasteiger partial charge in [0.2, 0.25) is 5.91 Å². The van der Waals surface area contributed by atoms with Gasteiger partial charge in [0.1, 0.15) is 0 Å². The van der Waals surface area contributed by atoms with Crippen molar-refractivity contribution in [2.75, 3.05) is 13.1 Å². The second kappa shape index (κ2) is 4.47. The van der Waals surface area contributed by atoms with E-state index in [4.69, 9.17) is 11.6 Å². The zero-order valence-electron chi connectivity index (χ0n) is 10.4. The summed E-state index contributed by atoms with van der Waals surface area (Å²) in [5, 5.41) is 19.7. The maximum Gasteiger partial charge on any atom is 0.233 e. The van der Waals surface area contributed by atoms with Crippen LogP contribution in [0.2, 0.25) is 5.02 Å². The fourth-order valence-corrected chi connectivity index (χ4v) is 2.88. The number of halogens is 1. The zero-order valence-corrected chi connectivity index (χ0v) is 11.2. The summed E-state index contributed by atoms with van der Waals surface area (Å²) >= 11 is 5.87. The van der Waals surface area contributed by atoms with E-state index in [1.165, 1.54) is 0 Å². The minimum Gasteiger partial charge on any atom is -0.388 e. The molecule has 2 N–H and O–H groups in total. The third-order valence-corrected chi connectivity index (χ3v) is 4.35. The Morgan fingerprint density at radius 3 is 2.16 bits per heavy atom. The smallest absolute Gasteiger partial charge is 0.233 e. The molecule has 2 atom stereocenters. The van der Waals surface area contributed by atoms with Crippen molar-refractivity contribution in [1.29, 1.82) is 0 Å². The van der Waals surface area contributed by atoms with E-state index in [0.717, 1.165) is 18.4 Å². The fourth-order valence-electron chi connectivity index (χ4n) is 2.76. The standard InChI is InChI=1S/C14H16ClNO3/c15-10-3-1-9(2-4-10)14(5-6-14)13(19)16-7-11(17)12(18)8-16/h1-4,11-12,17-18H,5-8H2/t11-,12+. The van der Waals surface area contributed by atoms with E-state index in [1.54, 1.807) is 17.0 Å². The predicted octanol–water partition coefficient (Wildman–Crippen LogP) is 0.936. The number of carbonyl (C=O) groups excluding carboxylic acids is 1. The molecule has 19 heavy (non-hydrogen) atoms. The highest BCUT2D eigenvalue weighted by Crippen LogP contribution is 2.50. The van der Waals surface area contributed by atoms with E-state index in [1.807, 2.05) is 12.1 Å². The van der Waals surface area contributed by atoms with Crippen molar-refractivity contribution < 1.29 is 15.0 Å². The van der Waals surface area contributed by atoms with Crippen LogP contribution < -0.4 is 0 Å². The molecular weight excluding hydrogens is 266 g/mol. The zero-order chi connectivity index (χ0) is 13.6. The average Bonchev–Trinajstić information content (AvgIpc) is 3.13.